The highest BCUT2D eigenvalue weighted by molar-refractivity contribution is 7.98. The zero-order chi connectivity index (χ0) is 14.7. The molecule has 0 N–H and O–H groups in total. The third-order valence-electron chi connectivity index (χ3n) is 2.89. The minimum atomic E-state index is 0.494. The maximum absolute atomic E-state index is 5.86. The van der Waals surface area contributed by atoms with E-state index in [1.807, 2.05) is 42.1 Å². The third kappa shape index (κ3) is 3.46. The van der Waals surface area contributed by atoms with Crippen molar-refractivity contribution < 1.29 is 4.42 Å². The van der Waals surface area contributed by atoms with Gasteiger partial charge < -0.3 is 4.42 Å². The van der Waals surface area contributed by atoms with Crippen molar-refractivity contribution in [1.29, 1.82) is 0 Å². The molecule has 0 aliphatic rings. The van der Waals surface area contributed by atoms with Gasteiger partial charge in [-0.25, -0.2) is 0 Å². The van der Waals surface area contributed by atoms with Gasteiger partial charge in [0.05, 0.1) is 11.8 Å². The maximum atomic E-state index is 5.86. The van der Waals surface area contributed by atoms with Crippen molar-refractivity contribution in [2.24, 2.45) is 0 Å². The van der Waals surface area contributed by atoms with Gasteiger partial charge in [-0.15, -0.1) is 10.2 Å². The molecular formula is C14H13ClN4OS. The Labute approximate surface area is 131 Å². The predicted molar refractivity (Wildman–Crippen MR) is 82.2 cm³/mol. The molecule has 5 nitrogen and oxygen atoms in total. The summed E-state index contributed by atoms with van der Waals surface area (Å²) >= 11 is 7.36. The van der Waals surface area contributed by atoms with Crippen LogP contribution >= 0.6 is 23.4 Å². The zero-order valence-electron chi connectivity index (χ0n) is 11.4. The first-order valence-corrected chi connectivity index (χ1v) is 7.84. The van der Waals surface area contributed by atoms with Crippen LogP contribution in [0.3, 0.4) is 0 Å². The fraction of sp³-hybridized carbons (Fsp3) is 0.214. The highest BCUT2D eigenvalue weighted by Crippen LogP contribution is 2.25. The third-order valence-corrected chi connectivity index (χ3v) is 4.03. The summed E-state index contributed by atoms with van der Waals surface area (Å²) in [4.78, 5) is 0. The largest absolute Gasteiger partial charge is 0.411 e. The number of aryl methyl sites for hydroxylation is 1. The minimum Gasteiger partial charge on any atom is -0.411 e. The van der Waals surface area contributed by atoms with Crippen molar-refractivity contribution in [1.82, 2.24) is 20.0 Å². The van der Waals surface area contributed by atoms with E-state index in [0.29, 0.717) is 11.1 Å². The molecule has 0 unspecified atom stereocenters. The summed E-state index contributed by atoms with van der Waals surface area (Å²) in [5.41, 5.74) is 1.99. The zero-order valence-corrected chi connectivity index (χ0v) is 12.9. The molecule has 0 aliphatic carbocycles. The molecule has 0 radical (unpaired) electrons. The van der Waals surface area contributed by atoms with Crippen LogP contribution in [-0.4, -0.2) is 20.0 Å². The molecule has 1 aromatic carbocycles. The van der Waals surface area contributed by atoms with Crippen LogP contribution in [0.1, 0.15) is 12.5 Å². The molecule has 0 saturated heterocycles. The van der Waals surface area contributed by atoms with Crippen molar-refractivity contribution in [2.45, 2.75) is 24.4 Å². The van der Waals surface area contributed by atoms with Gasteiger partial charge in [0.15, 0.2) is 0 Å². The maximum Gasteiger partial charge on any atom is 0.277 e. The summed E-state index contributed by atoms with van der Waals surface area (Å²) in [7, 11) is 0. The molecule has 3 rings (SSSR count). The molecule has 21 heavy (non-hydrogen) atoms. The molecule has 7 heteroatoms. The molecule has 0 amide bonds. The van der Waals surface area contributed by atoms with E-state index in [-0.39, 0.29) is 0 Å². The number of rotatable bonds is 5. The van der Waals surface area contributed by atoms with Crippen molar-refractivity contribution in [3.8, 4) is 11.5 Å². The number of thioether (sulfide) groups is 1. The number of hydrogen-bond acceptors (Lipinski definition) is 5. The molecule has 2 aromatic heterocycles. The van der Waals surface area contributed by atoms with Gasteiger partial charge in [0.25, 0.3) is 11.1 Å². The van der Waals surface area contributed by atoms with Crippen LogP contribution in [0.15, 0.2) is 46.3 Å². The fourth-order valence-electron chi connectivity index (χ4n) is 1.76. The fourth-order valence-corrected chi connectivity index (χ4v) is 2.60. The number of hydrogen-bond donors (Lipinski definition) is 0. The van der Waals surface area contributed by atoms with E-state index in [1.54, 1.807) is 6.20 Å². The SMILES string of the molecule is CCn1cc(-c2nnc(SCc3ccc(Cl)cc3)o2)cn1. The lowest BCUT2D eigenvalue weighted by atomic mass is 10.2. The van der Waals surface area contributed by atoms with E-state index in [4.69, 9.17) is 16.0 Å². The topological polar surface area (TPSA) is 56.7 Å². The molecule has 108 valence electrons. The van der Waals surface area contributed by atoms with E-state index < -0.39 is 0 Å². The Kier molecular flexibility index (Phi) is 4.26. The predicted octanol–water partition coefficient (Wildman–Crippen LogP) is 3.90. The summed E-state index contributed by atoms with van der Waals surface area (Å²) in [6.45, 7) is 2.84. The highest BCUT2D eigenvalue weighted by Gasteiger charge is 2.11. The summed E-state index contributed by atoms with van der Waals surface area (Å²) in [6, 6.07) is 7.71. The Hall–Kier alpha value is -1.79. The van der Waals surface area contributed by atoms with Gasteiger partial charge in [-0.3, -0.25) is 4.68 Å². The first-order chi connectivity index (χ1) is 10.2. The van der Waals surface area contributed by atoms with Gasteiger partial charge in [-0.2, -0.15) is 5.10 Å². The average molecular weight is 321 g/mol. The highest BCUT2D eigenvalue weighted by atomic mass is 35.5. The Morgan fingerprint density at radius 2 is 2.05 bits per heavy atom. The van der Waals surface area contributed by atoms with E-state index in [1.165, 1.54) is 11.8 Å². The first kappa shape index (κ1) is 14.2. The quantitative estimate of drug-likeness (QED) is 0.667. The lowest BCUT2D eigenvalue weighted by Crippen LogP contribution is -1.91. The molecule has 3 aromatic rings. The Bertz CT molecular complexity index is 723. The van der Waals surface area contributed by atoms with Crippen molar-refractivity contribution in [2.75, 3.05) is 0 Å². The van der Waals surface area contributed by atoms with Crippen molar-refractivity contribution in [3.63, 3.8) is 0 Å². The smallest absolute Gasteiger partial charge is 0.277 e. The second-order valence-electron chi connectivity index (χ2n) is 4.37. The average Bonchev–Trinajstić information content (AvgIpc) is 3.15. The van der Waals surface area contributed by atoms with Gasteiger partial charge >= 0.3 is 0 Å². The number of aromatic nitrogens is 4. The van der Waals surface area contributed by atoms with Gasteiger partial charge in [0.1, 0.15) is 0 Å². The summed E-state index contributed by atoms with van der Waals surface area (Å²) in [6.07, 6.45) is 3.62. The first-order valence-electron chi connectivity index (χ1n) is 6.48. The number of nitrogens with zero attached hydrogens (tertiary/aromatic N) is 4. The minimum absolute atomic E-state index is 0.494. The Morgan fingerprint density at radius 3 is 2.76 bits per heavy atom. The molecule has 2 heterocycles. The molecule has 0 saturated carbocycles. The van der Waals surface area contributed by atoms with Crippen LogP contribution in [0.25, 0.3) is 11.5 Å². The van der Waals surface area contributed by atoms with Gasteiger partial charge in [0.2, 0.25) is 0 Å². The van der Waals surface area contributed by atoms with Gasteiger partial charge in [-0.05, 0) is 24.6 Å². The van der Waals surface area contributed by atoms with Crippen LogP contribution in [0.5, 0.6) is 0 Å². The molecular weight excluding hydrogens is 308 g/mol. The second kappa shape index (κ2) is 6.32. The van der Waals surface area contributed by atoms with Crippen molar-refractivity contribution >= 4 is 23.4 Å². The van der Waals surface area contributed by atoms with E-state index in [0.717, 1.165) is 28.4 Å². The van der Waals surface area contributed by atoms with E-state index in [9.17, 15) is 0 Å². The second-order valence-corrected chi connectivity index (χ2v) is 5.74. The monoisotopic (exact) mass is 320 g/mol. The lowest BCUT2D eigenvalue weighted by molar-refractivity contribution is 0.466. The standard InChI is InChI=1S/C14H13ClN4OS/c1-2-19-8-11(7-16-19)13-17-18-14(20-13)21-9-10-3-5-12(15)6-4-10/h3-8H,2,9H2,1H3. The molecule has 0 spiro atoms. The van der Waals surface area contributed by atoms with Crippen LogP contribution in [0.2, 0.25) is 5.02 Å². The number of halogens is 1. The summed E-state index contributed by atoms with van der Waals surface area (Å²) in [5, 5.41) is 13.6. The number of benzene rings is 1. The van der Waals surface area contributed by atoms with Crippen LogP contribution in [0, 0.1) is 0 Å². The molecule has 0 bridgehead atoms. The van der Waals surface area contributed by atoms with Gasteiger partial charge in [-0.1, -0.05) is 35.5 Å². The Morgan fingerprint density at radius 1 is 1.24 bits per heavy atom. The molecule has 0 atom stereocenters. The van der Waals surface area contributed by atoms with Crippen LogP contribution in [-0.2, 0) is 12.3 Å². The van der Waals surface area contributed by atoms with Crippen LogP contribution in [0.4, 0.5) is 0 Å². The van der Waals surface area contributed by atoms with Crippen molar-refractivity contribution in [3.05, 3.63) is 47.2 Å². The van der Waals surface area contributed by atoms with Gasteiger partial charge in [0, 0.05) is 23.5 Å². The Balaban J connectivity index is 1.66. The molecule has 0 aliphatic heterocycles. The normalized spacial score (nSPS) is 11.0. The summed E-state index contributed by atoms with van der Waals surface area (Å²) in [5.74, 6) is 1.25. The van der Waals surface area contributed by atoms with E-state index >= 15 is 0 Å². The van der Waals surface area contributed by atoms with E-state index in [2.05, 4.69) is 15.3 Å². The molecule has 0 fully saturated rings. The summed E-state index contributed by atoms with van der Waals surface area (Å²) < 4.78 is 7.45. The lowest BCUT2D eigenvalue weighted by Gasteiger charge is -1.97. The van der Waals surface area contributed by atoms with Crippen LogP contribution < -0.4 is 0 Å².